The van der Waals surface area contributed by atoms with E-state index < -0.39 is 22.0 Å². The minimum absolute atomic E-state index is 0.0193. The Balaban J connectivity index is 1.63. The van der Waals surface area contributed by atoms with Crippen molar-refractivity contribution >= 4 is 39.1 Å². The molecule has 48 heavy (non-hydrogen) atoms. The molecule has 1 heterocycles. The fourth-order valence-corrected chi connectivity index (χ4v) is 6.73. The van der Waals surface area contributed by atoms with Gasteiger partial charge in [0.15, 0.2) is 0 Å². The number of hydrogen-bond acceptors (Lipinski definition) is 7. The van der Waals surface area contributed by atoms with Crippen molar-refractivity contribution in [2.45, 2.75) is 69.6 Å². The summed E-state index contributed by atoms with van der Waals surface area (Å²) in [6.45, 7) is 6.36. The van der Waals surface area contributed by atoms with Crippen LogP contribution in [0.15, 0.2) is 77.7 Å². The number of benzene rings is 3. The second-order valence-electron chi connectivity index (χ2n) is 12.5. The molecule has 12 heteroatoms. The normalized spacial score (nSPS) is 20.2. The number of amides is 2. The Morgan fingerprint density at radius 3 is 2.48 bits per heavy atom. The molecule has 0 fully saturated rings. The van der Waals surface area contributed by atoms with Crippen LogP contribution in [0.3, 0.4) is 0 Å². The van der Waals surface area contributed by atoms with Gasteiger partial charge < -0.3 is 24.4 Å². The van der Waals surface area contributed by atoms with Crippen molar-refractivity contribution in [3.05, 3.63) is 88.9 Å². The number of carbonyl (C=O) groups excluding carboxylic acids is 2. The van der Waals surface area contributed by atoms with E-state index in [1.165, 1.54) is 30.3 Å². The van der Waals surface area contributed by atoms with E-state index in [2.05, 4.69) is 4.72 Å². The van der Waals surface area contributed by atoms with Crippen LogP contribution in [-0.2, 0) is 26.0 Å². The fraction of sp³-hybridized carbons (Fsp3) is 0.444. The maximum Gasteiger partial charge on any atom is 0.261 e. The lowest BCUT2D eigenvalue weighted by Gasteiger charge is -2.36. The summed E-state index contributed by atoms with van der Waals surface area (Å²) in [5.74, 6) is -0.377. The number of nitrogens with zero attached hydrogens (tertiary/aromatic N) is 2. The van der Waals surface area contributed by atoms with Crippen molar-refractivity contribution in [3.8, 4) is 5.75 Å². The maximum atomic E-state index is 14.4. The second-order valence-corrected chi connectivity index (χ2v) is 14.6. The molecule has 260 valence electrons. The molecular weight excluding hydrogens is 654 g/mol. The predicted molar refractivity (Wildman–Crippen MR) is 187 cm³/mol. The number of anilines is 1. The zero-order valence-corrected chi connectivity index (χ0v) is 29.5. The van der Waals surface area contributed by atoms with Crippen molar-refractivity contribution in [3.63, 3.8) is 0 Å². The Bertz CT molecular complexity index is 1620. The molecule has 2 N–H and O–H groups in total. The van der Waals surface area contributed by atoms with Gasteiger partial charge in [0.25, 0.3) is 15.9 Å². The van der Waals surface area contributed by atoms with Gasteiger partial charge in [-0.05, 0) is 81.1 Å². The topological polar surface area (TPSA) is 125 Å². The molecule has 0 saturated carbocycles. The summed E-state index contributed by atoms with van der Waals surface area (Å²) in [6, 6.07) is 19.4. The van der Waals surface area contributed by atoms with Crippen LogP contribution in [0, 0.1) is 5.92 Å². The summed E-state index contributed by atoms with van der Waals surface area (Å²) in [5.41, 5.74) is 1.27. The molecular formula is C36H46ClN3O7S. The van der Waals surface area contributed by atoms with Gasteiger partial charge in [-0.25, -0.2) is 8.42 Å². The summed E-state index contributed by atoms with van der Waals surface area (Å²) >= 11 is 5.95. The molecule has 4 atom stereocenters. The quantitative estimate of drug-likeness (QED) is 0.296. The van der Waals surface area contributed by atoms with E-state index in [0.717, 1.165) is 18.4 Å². The van der Waals surface area contributed by atoms with Crippen LogP contribution in [0.25, 0.3) is 0 Å². The van der Waals surface area contributed by atoms with E-state index in [-0.39, 0.29) is 59.8 Å². The third kappa shape index (κ3) is 10.2. The van der Waals surface area contributed by atoms with E-state index in [4.69, 9.17) is 21.1 Å². The van der Waals surface area contributed by atoms with Crippen LogP contribution in [0.1, 0.15) is 56.0 Å². The minimum atomic E-state index is -3.99. The lowest BCUT2D eigenvalue weighted by atomic mass is 10.0. The average Bonchev–Trinajstić information content (AvgIpc) is 3.06. The summed E-state index contributed by atoms with van der Waals surface area (Å²) < 4.78 is 41.5. The van der Waals surface area contributed by atoms with Gasteiger partial charge >= 0.3 is 0 Å². The first-order valence-electron chi connectivity index (χ1n) is 16.3. The molecule has 10 nitrogen and oxygen atoms in total. The number of fused-ring (bicyclic) bond motifs is 1. The number of aliphatic hydroxyl groups is 1. The summed E-state index contributed by atoms with van der Waals surface area (Å²) in [4.78, 5) is 30.7. The Labute approximate surface area is 289 Å². The molecule has 0 spiro atoms. The number of rotatable bonds is 9. The summed E-state index contributed by atoms with van der Waals surface area (Å²) in [6.07, 6.45) is 1.95. The molecule has 1 aliphatic heterocycles. The highest BCUT2D eigenvalue weighted by Gasteiger charge is 2.31. The number of likely N-dealkylation sites (N-methyl/N-ethyl adjacent to an activating group) is 1. The Kier molecular flexibility index (Phi) is 13.3. The van der Waals surface area contributed by atoms with E-state index in [1.807, 2.05) is 44.2 Å². The predicted octanol–water partition coefficient (Wildman–Crippen LogP) is 5.64. The first kappa shape index (κ1) is 37.2. The molecule has 1 aliphatic rings. The van der Waals surface area contributed by atoms with Gasteiger partial charge in [-0.3, -0.25) is 14.3 Å². The molecule has 0 radical (unpaired) electrons. The highest BCUT2D eigenvalue weighted by Crippen LogP contribution is 2.30. The van der Waals surface area contributed by atoms with E-state index in [0.29, 0.717) is 30.3 Å². The van der Waals surface area contributed by atoms with Crippen LogP contribution in [0.5, 0.6) is 5.75 Å². The molecule has 0 aromatic heterocycles. The third-order valence-corrected chi connectivity index (χ3v) is 10.2. The van der Waals surface area contributed by atoms with Gasteiger partial charge in [0.05, 0.1) is 41.7 Å². The van der Waals surface area contributed by atoms with Crippen LogP contribution < -0.4 is 9.46 Å². The molecule has 4 rings (SSSR count). The highest BCUT2D eigenvalue weighted by molar-refractivity contribution is 7.92. The number of hydrogen-bond donors (Lipinski definition) is 2. The van der Waals surface area contributed by atoms with Gasteiger partial charge in [0.2, 0.25) is 5.91 Å². The number of aliphatic hydroxyl groups excluding tert-OH is 1. The van der Waals surface area contributed by atoms with E-state index >= 15 is 0 Å². The summed E-state index contributed by atoms with van der Waals surface area (Å²) in [5, 5.41) is 10.6. The lowest BCUT2D eigenvalue weighted by Crippen LogP contribution is -2.48. The van der Waals surface area contributed by atoms with Crippen LogP contribution in [0.4, 0.5) is 5.69 Å². The SMILES string of the molecule is C[C@@H]1CCCCO[C@@H](CN(C)C(=O)Cc2ccccc2)[C@H](C)CN([C@@H](C)CO)C(=O)c2cc(NS(=O)(=O)c3ccc(Cl)cc3)ccc2O1. The maximum absolute atomic E-state index is 14.4. The molecule has 3 aromatic carbocycles. The van der Waals surface area contributed by atoms with Crippen molar-refractivity contribution in [2.75, 3.05) is 38.1 Å². The molecule has 2 amide bonds. The molecule has 0 bridgehead atoms. The fourth-order valence-electron chi connectivity index (χ4n) is 5.55. The first-order chi connectivity index (χ1) is 22.9. The highest BCUT2D eigenvalue weighted by atomic mass is 35.5. The van der Waals surface area contributed by atoms with Gasteiger partial charge in [0, 0.05) is 43.4 Å². The number of nitrogens with one attached hydrogen (secondary N) is 1. The lowest BCUT2D eigenvalue weighted by molar-refractivity contribution is -0.131. The molecule has 0 saturated heterocycles. The molecule has 0 unspecified atom stereocenters. The van der Waals surface area contributed by atoms with Crippen molar-refractivity contribution in [1.29, 1.82) is 0 Å². The van der Waals surface area contributed by atoms with Crippen LogP contribution in [0.2, 0.25) is 5.02 Å². The monoisotopic (exact) mass is 699 g/mol. The number of sulfonamides is 1. The van der Waals surface area contributed by atoms with Gasteiger partial charge in [-0.1, -0.05) is 48.9 Å². The minimum Gasteiger partial charge on any atom is -0.490 e. The second kappa shape index (κ2) is 17.1. The number of ether oxygens (including phenoxy) is 2. The smallest absolute Gasteiger partial charge is 0.261 e. The average molecular weight is 700 g/mol. The van der Waals surface area contributed by atoms with E-state index in [1.54, 1.807) is 35.9 Å². The van der Waals surface area contributed by atoms with Crippen molar-refractivity contribution in [2.24, 2.45) is 5.92 Å². The van der Waals surface area contributed by atoms with Gasteiger partial charge in [0.1, 0.15) is 5.75 Å². The van der Waals surface area contributed by atoms with Crippen LogP contribution >= 0.6 is 11.6 Å². The molecule has 3 aromatic rings. The number of halogens is 1. The zero-order chi connectivity index (χ0) is 34.8. The largest absolute Gasteiger partial charge is 0.490 e. The first-order valence-corrected chi connectivity index (χ1v) is 18.1. The van der Waals surface area contributed by atoms with Crippen LogP contribution in [-0.4, -0.2) is 86.7 Å². The van der Waals surface area contributed by atoms with Gasteiger partial charge in [-0.15, -0.1) is 0 Å². The van der Waals surface area contributed by atoms with Gasteiger partial charge in [-0.2, -0.15) is 0 Å². The zero-order valence-electron chi connectivity index (χ0n) is 28.0. The third-order valence-electron chi connectivity index (χ3n) is 8.51. The Morgan fingerprint density at radius 1 is 1.08 bits per heavy atom. The van der Waals surface area contributed by atoms with Crippen molar-refractivity contribution in [1.82, 2.24) is 9.80 Å². The Hall–Kier alpha value is -3.64. The summed E-state index contributed by atoms with van der Waals surface area (Å²) in [7, 11) is -2.23. The van der Waals surface area contributed by atoms with Crippen molar-refractivity contribution < 1.29 is 32.6 Å². The standard InChI is InChI=1S/C36H46ClN3O7S/c1-25-22-40(26(2)24-41)36(43)32-21-30(38-48(44,45)31-16-13-29(37)14-17-31)15-18-33(32)47-27(3)10-8-9-19-46-34(25)23-39(4)35(42)20-28-11-6-5-7-12-28/h5-7,11-18,21,25-27,34,38,41H,8-10,19-20,22-24H2,1-4H3/t25-,26+,27-,34+/m1/s1. The molecule has 0 aliphatic carbocycles. The van der Waals surface area contributed by atoms with E-state index in [9.17, 15) is 23.1 Å². The Morgan fingerprint density at radius 2 is 1.79 bits per heavy atom. The number of carbonyl (C=O) groups is 2.